The summed E-state index contributed by atoms with van der Waals surface area (Å²) in [5.74, 6) is 0.224. The third-order valence-corrected chi connectivity index (χ3v) is 5.02. The van der Waals surface area contributed by atoms with E-state index in [4.69, 9.17) is 0 Å². The van der Waals surface area contributed by atoms with Crippen LogP contribution in [0.4, 0.5) is 5.69 Å². The second kappa shape index (κ2) is 8.03. The van der Waals surface area contributed by atoms with Crippen LogP contribution in [-0.2, 0) is 6.54 Å². The van der Waals surface area contributed by atoms with Gasteiger partial charge in [0, 0.05) is 18.7 Å². The molecule has 2 heterocycles. The van der Waals surface area contributed by atoms with Crippen LogP contribution in [-0.4, -0.2) is 25.6 Å². The van der Waals surface area contributed by atoms with Gasteiger partial charge in [-0.25, -0.2) is 9.67 Å². The van der Waals surface area contributed by atoms with Crippen molar-refractivity contribution < 1.29 is 9.72 Å². The lowest BCUT2D eigenvalue weighted by atomic mass is 10.2. The van der Waals surface area contributed by atoms with Gasteiger partial charge in [0.05, 0.1) is 15.5 Å². The first kappa shape index (κ1) is 18.5. The summed E-state index contributed by atoms with van der Waals surface area (Å²) in [4.78, 5) is 28.2. The maximum atomic E-state index is 12.6. The number of hydrogen-bond acceptors (Lipinski definition) is 6. The van der Waals surface area contributed by atoms with E-state index in [2.05, 4.69) is 15.4 Å². The Labute approximate surface area is 169 Å². The number of aromatic nitrogens is 3. The molecule has 0 bridgehead atoms. The number of nitrogens with zero attached hydrogens (tertiary/aromatic N) is 4. The standard InChI is InChI=1S/C20H15N5O3S/c26-20(21-13-14-8-10-16(11-9-14)25(27)28)18-22-19(17-7-4-12-29-17)24(23-18)15-5-2-1-3-6-15/h1-12H,13H2,(H,21,26). The molecule has 4 rings (SSSR count). The lowest BCUT2D eigenvalue weighted by Crippen LogP contribution is -2.24. The minimum Gasteiger partial charge on any atom is -0.345 e. The Hall–Kier alpha value is -3.85. The van der Waals surface area contributed by atoms with Crippen molar-refractivity contribution in [2.24, 2.45) is 0 Å². The Balaban J connectivity index is 1.56. The number of hydrogen-bond donors (Lipinski definition) is 1. The van der Waals surface area contributed by atoms with E-state index < -0.39 is 10.8 Å². The summed E-state index contributed by atoms with van der Waals surface area (Å²) in [6.45, 7) is 0.213. The molecule has 0 unspecified atom stereocenters. The Morgan fingerprint density at radius 2 is 1.83 bits per heavy atom. The van der Waals surface area contributed by atoms with Crippen molar-refractivity contribution in [2.75, 3.05) is 0 Å². The Kier molecular flexibility index (Phi) is 5.12. The molecule has 0 aliphatic rings. The smallest absolute Gasteiger partial charge is 0.291 e. The number of nitro benzene ring substituents is 1. The van der Waals surface area contributed by atoms with E-state index in [9.17, 15) is 14.9 Å². The Bertz CT molecular complexity index is 1140. The molecule has 2 aromatic heterocycles. The summed E-state index contributed by atoms with van der Waals surface area (Å²) in [6, 6.07) is 19.3. The minimum absolute atomic E-state index is 0.00365. The molecule has 9 heteroatoms. The molecule has 0 atom stereocenters. The minimum atomic E-state index is -0.464. The quantitative estimate of drug-likeness (QED) is 0.388. The molecule has 0 aliphatic carbocycles. The third kappa shape index (κ3) is 4.04. The highest BCUT2D eigenvalue weighted by Crippen LogP contribution is 2.25. The van der Waals surface area contributed by atoms with E-state index in [0.29, 0.717) is 5.82 Å². The zero-order chi connectivity index (χ0) is 20.2. The first-order valence-corrected chi connectivity index (χ1v) is 9.57. The molecule has 144 valence electrons. The maximum Gasteiger partial charge on any atom is 0.291 e. The molecule has 8 nitrogen and oxygen atoms in total. The molecule has 1 amide bonds. The highest BCUT2D eigenvalue weighted by atomic mass is 32.1. The van der Waals surface area contributed by atoms with Gasteiger partial charge in [0.15, 0.2) is 5.82 Å². The number of carbonyl (C=O) groups excluding carboxylic acids is 1. The molecule has 0 aliphatic heterocycles. The second-order valence-electron chi connectivity index (χ2n) is 6.09. The van der Waals surface area contributed by atoms with Gasteiger partial charge in [-0.3, -0.25) is 14.9 Å². The number of nitrogens with one attached hydrogen (secondary N) is 1. The van der Waals surface area contributed by atoms with Crippen LogP contribution >= 0.6 is 11.3 Å². The van der Waals surface area contributed by atoms with Crippen molar-refractivity contribution >= 4 is 22.9 Å². The number of thiophene rings is 1. The number of para-hydroxylation sites is 1. The van der Waals surface area contributed by atoms with Crippen molar-refractivity contribution in [3.8, 4) is 16.4 Å². The number of benzene rings is 2. The number of amides is 1. The van der Waals surface area contributed by atoms with Crippen molar-refractivity contribution in [3.63, 3.8) is 0 Å². The van der Waals surface area contributed by atoms with Crippen molar-refractivity contribution in [1.82, 2.24) is 20.1 Å². The van der Waals surface area contributed by atoms with Gasteiger partial charge in [-0.05, 0) is 29.1 Å². The molecule has 0 saturated heterocycles. The van der Waals surface area contributed by atoms with Gasteiger partial charge in [-0.2, -0.15) is 0 Å². The second-order valence-corrected chi connectivity index (χ2v) is 7.04. The van der Waals surface area contributed by atoms with Crippen LogP contribution in [0.5, 0.6) is 0 Å². The van der Waals surface area contributed by atoms with Crippen molar-refractivity contribution in [2.45, 2.75) is 6.54 Å². The van der Waals surface area contributed by atoms with E-state index in [1.54, 1.807) is 16.8 Å². The maximum absolute atomic E-state index is 12.6. The van der Waals surface area contributed by atoms with E-state index in [0.717, 1.165) is 16.1 Å². The number of carbonyl (C=O) groups is 1. The molecule has 2 aromatic carbocycles. The van der Waals surface area contributed by atoms with Gasteiger partial charge in [-0.1, -0.05) is 36.4 Å². The molecule has 0 radical (unpaired) electrons. The fourth-order valence-electron chi connectivity index (χ4n) is 2.72. The first-order valence-electron chi connectivity index (χ1n) is 8.70. The molecular formula is C20H15N5O3S. The van der Waals surface area contributed by atoms with Crippen LogP contribution in [0.2, 0.25) is 0 Å². The summed E-state index contributed by atoms with van der Waals surface area (Å²) in [6.07, 6.45) is 0. The van der Waals surface area contributed by atoms with E-state index in [-0.39, 0.29) is 18.1 Å². The molecule has 1 N–H and O–H groups in total. The summed E-state index contributed by atoms with van der Waals surface area (Å²) in [5.41, 5.74) is 1.55. The van der Waals surface area contributed by atoms with Crippen LogP contribution in [0.1, 0.15) is 16.2 Å². The normalized spacial score (nSPS) is 10.6. The fraction of sp³-hybridized carbons (Fsp3) is 0.0500. The van der Waals surface area contributed by atoms with Crippen LogP contribution in [0, 0.1) is 10.1 Å². The Morgan fingerprint density at radius 3 is 2.48 bits per heavy atom. The van der Waals surface area contributed by atoms with Gasteiger partial charge >= 0.3 is 0 Å². The first-order chi connectivity index (χ1) is 14.1. The lowest BCUT2D eigenvalue weighted by Gasteiger charge is -2.03. The van der Waals surface area contributed by atoms with E-state index >= 15 is 0 Å². The highest BCUT2D eigenvalue weighted by molar-refractivity contribution is 7.13. The molecular weight excluding hydrogens is 390 g/mol. The summed E-state index contributed by atoms with van der Waals surface area (Å²) in [5, 5.41) is 19.8. The average Bonchev–Trinajstić information content (AvgIpc) is 3.42. The molecule has 29 heavy (non-hydrogen) atoms. The Morgan fingerprint density at radius 1 is 1.07 bits per heavy atom. The molecule has 0 fully saturated rings. The number of rotatable bonds is 6. The van der Waals surface area contributed by atoms with Crippen LogP contribution in [0.25, 0.3) is 16.4 Å². The van der Waals surface area contributed by atoms with E-state index in [1.165, 1.54) is 23.5 Å². The highest BCUT2D eigenvalue weighted by Gasteiger charge is 2.19. The van der Waals surface area contributed by atoms with Gasteiger partial charge in [0.2, 0.25) is 5.82 Å². The zero-order valence-electron chi connectivity index (χ0n) is 15.1. The van der Waals surface area contributed by atoms with Gasteiger partial charge in [0.1, 0.15) is 0 Å². The largest absolute Gasteiger partial charge is 0.345 e. The number of nitro groups is 1. The van der Waals surface area contributed by atoms with Crippen molar-refractivity contribution in [3.05, 3.63) is 93.6 Å². The fourth-order valence-corrected chi connectivity index (χ4v) is 3.42. The summed E-state index contributed by atoms with van der Waals surface area (Å²) >= 11 is 1.51. The predicted molar refractivity (Wildman–Crippen MR) is 109 cm³/mol. The van der Waals surface area contributed by atoms with Gasteiger partial charge in [0.25, 0.3) is 11.6 Å². The van der Waals surface area contributed by atoms with Gasteiger partial charge in [-0.15, -0.1) is 16.4 Å². The predicted octanol–water partition coefficient (Wildman–Crippen LogP) is 3.83. The monoisotopic (exact) mass is 405 g/mol. The van der Waals surface area contributed by atoms with Gasteiger partial charge < -0.3 is 5.32 Å². The molecule has 0 saturated carbocycles. The van der Waals surface area contributed by atoms with E-state index in [1.807, 2.05) is 47.8 Å². The lowest BCUT2D eigenvalue weighted by molar-refractivity contribution is -0.384. The van der Waals surface area contributed by atoms with Crippen LogP contribution in [0.3, 0.4) is 0 Å². The topological polar surface area (TPSA) is 103 Å². The zero-order valence-corrected chi connectivity index (χ0v) is 15.9. The molecule has 0 spiro atoms. The summed E-state index contributed by atoms with van der Waals surface area (Å²) < 4.78 is 1.65. The van der Waals surface area contributed by atoms with Crippen molar-refractivity contribution in [1.29, 1.82) is 0 Å². The SMILES string of the molecule is O=C(NCc1ccc([N+](=O)[O-])cc1)c1nc(-c2cccs2)n(-c2ccccc2)n1. The molecule has 4 aromatic rings. The third-order valence-electron chi connectivity index (χ3n) is 4.15. The summed E-state index contributed by atoms with van der Waals surface area (Å²) in [7, 11) is 0. The number of non-ortho nitro benzene ring substituents is 1. The van der Waals surface area contributed by atoms with Crippen LogP contribution < -0.4 is 5.32 Å². The average molecular weight is 405 g/mol. The van der Waals surface area contributed by atoms with Crippen LogP contribution in [0.15, 0.2) is 72.1 Å².